The number of carbonyl (C=O) groups excluding carboxylic acids is 1. The zero-order chi connectivity index (χ0) is 25.6. The Morgan fingerprint density at radius 3 is 2.78 bits per heavy atom. The lowest BCUT2D eigenvalue weighted by molar-refractivity contribution is -0.125. The van der Waals surface area contributed by atoms with Crippen LogP contribution in [0.5, 0.6) is 0 Å². The Morgan fingerprint density at radius 2 is 2.06 bits per heavy atom. The number of anilines is 1. The smallest absolute Gasteiger partial charge is 0.257 e. The summed E-state index contributed by atoms with van der Waals surface area (Å²) in [6.07, 6.45) is 3.66. The minimum atomic E-state index is -2.97. The molecule has 5 rings (SSSR count). The Hall–Kier alpha value is -3.47. The first kappa shape index (κ1) is 24.2. The first-order valence-electron chi connectivity index (χ1n) is 11.8. The number of fused-ring (bicyclic) bond motifs is 1. The summed E-state index contributed by atoms with van der Waals surface area (Å²) in [7, 11) is 0. The van der Waals surface area contributed by atoms with E-state index >= 15 is 0 Å². The molecule has 190 valence electrons. The minimum Gasteiger partial charge on any atom is -0.329 e. The number of H-pyrrole nitrogens is 1. The van der Waals surface area contributed by atoms with Crippen LogP contribution in [0.25, 0.3) is 0 Å². The number of pyridine rings is 1. The van der Waals surface area contributed by atoms with E-state index in [0.29, 0.717) is 29.8 Å². The number of imidazole rings is 1. The highest BCUT2D eigenvalue weighted by Crippen LogP contribution is 2.40. The maximum atomic E-state index is 14.7. The first-order chi connectivity index (χ1) is 17.1. The van der Waals surface area contributed by atoms with Gasteiger partial charge >= 0.3 is 0 Å². The van der Waals surface area contributed by atoms with E-state index in [-0.39, 0.29) is 30.5 Å². The fraction of sp³-hybridized carbons (Fsp3) is 0.400. The van der Waals surface area contributed by atoms with Crippen LogP contribution in [0.1, 0.15) is 48.7 Å². The van der Waals surface area contributed by atoms with Gasteiger partial charge in [0.1, 0.15) is 17.5 Å². The lowest BCUT2D eigenvalue weighted by Crippen LogP contribution is -2.52. The van der Waals surface area contributed by atoms with E-state index in [1.165, 1.54) is 30.5 Å². The van der Waals surface area contributed by atoms with E-state index in [2.05, 4.69) is 15.3 Å². The van der Waals surface area contributed by atoms with Crippen LogP contribution >= 0.6 is 0 Å². The molecule has 1 aromatic carbocycles. The molecule has 0 saturated carbocycles. The number of hydrogen-bond donors (Lipinski definition) is 2. The summed E-state index contributed by atoms with van der Waals surface area (Å²) in [6.45, 7) is 1.62. The average molecular weight is 504 g/mol. The number of nitrogens with zero attached hydrogens (tertiary/aromatic N) is 3. The van der Waals surface area contributed by atoms with Crippen molar-refractivity contribution >= 4 is 11.7 Å². The normalized spacial score (nSPS) is 22.2. The number of halogens is 4. The number of rotatable bonds is 5. The Morgan fingerprint density at radius 1 is 1.25 bits per heavy atom. The fourth-order valence-electron chi connectivity index (χ4n) is 5.09. The Bertz CT molecular complexity index is 1330. The van der Waals surface area contributed by atoms with Gasteiger partial charge in [0.2, 0.25) is 11.5 Å². The standard InChI is InChI=1S/C25H25F4N5O2/c1-14(33-9-8-25(28,29)18(12-33)15-2-7-23(35)30-11-15)24(36)32-21-13-34-20(5-6-22(34)31-21)17-4-3-16(26)10-19(17)27/h2-4,7,10-11,13-14,18,20H,5-6,8-9,12H2,1H3,(H,30,35)(H,32,36)/t14-,18+,20+/m0/s1. The third kappa shape index (κ3) is 4.55. The summed E-state index contributed by atoms with van der Waals surface area (Å²) in [4.78, 5) is 32.9. The van der Waals surface area contributed by atoms with Crippen molar-refractivity contribution in [2.45, 2.75) is 50.1 Å². The zero-order valence-corrected chi connectivity index (χ0v) is 19.5. The predicted octanol–water partition coefficient (Wildman–Crippen LogP) is 3.84. The molecule has 3 atom stereocenters. The van der Waals surface area contributed by atoms with Crippen molar-refractivity contribution in [1.29, 1.82) is 0 Å². The molecule has 36 heavy (non-hydrogen) atoms. The van der Waals surface area contributed by atoms with Crippen LogP contribution in [-0.4, -0.2) is 50.4 Å². The molecule has 3 aromatic rings. The van der Waals surface area contributed by atoms with Gasteiger partial charge in [0, 0.05) is 56.0 Å². The monoisotopic (exact) mass is 503 g/mol. The molecule has 2 aromatic heterocycles. The number of aromatic amines is 1. The number of carbonyl (C=O) groups is 1. The van der Waals surface area contributed by atoms with Gasteiger partial charge in [0.25, 0.3) is 5.92 Å². The lowest BCUT2D eigenvalue weighted by atomic mass is 9.87. The molecule has 2 N–H and O–H groups in total. The molecule has 1 amide bonds. The van der Waals surface area contributed by atoms with Gasteiger partial charge in [0.15, 0.2) is 5.82 Å². The summed E-state index contributed by atoms with van der Waals surface area (Å²) in [5.41, 5.74) is 0.279. The number of aromatic nitrogens is 3. The Balaban J connectivity index is 1.29. The molecule has 0 radical (unpaired) electrons. The zero-order valence-electron chi connectivity index (χ0n) is 19.5. The van der Waals surface area contributed by atoms with E-state index in [9.17, 15) is 27.2 Å². The molecule has 2 aliphatic heterocycles. The molecule has 2 aliphatic rings. The Labute approximate surface area is 204 Å². The van der Waals surface area contributed by atoms with Crippen molar-refractivity contribution in [3.63, 3.8) is 0 Å². The van der Waals surface area contributed by atoms with Gasteiger partial charge < -0.3 is 14.9 Å². The van der Waals surface area contributed by atoms with E-state index in [0.717, 1.165) is 6.07 Å². The number of aryl methyl sites for hydroxylation is 1. The van der Waals surface area contributed by atoms with Crippen LogP contribution in [-0.2, 0) is 11.2 Å². The summed E-state index contributed by atoms with van der Waals surface area (Å²) in [5, 5.41) is 2.75. The topological polar surface area (TPSA) is 83.0 Å². The number of benzene rings is 1. The van der Waals surface area contributed by atoms with Crippen molar-refractivity contribution < 1.29 is 22.4 Å². The highest BCUT2D eigenvalue weighted by Gasteiger charge is 2.46. The van der Waals surface area contributed by atoms with Crippen LogP contribution in [0.15, 0.2) is 47.5 Å². The van der Waals surface area contributed by atoms with Crippen LogP contribution in [0, 0.1) is 11.6 Å². The number of alkyl halides is 2. The fourth-order valence-corrected chi connectivity index (χ4v) is 5.09. The number of likely N-dealkylation sites (tertiary alicyclic amines) is 1. The highest BCUT2D eigenvalue weighted by atomic mass is 19.3. The molecular weight excluding hydrogens is 478 g/mol. The maximum absolute atomic E-state index is 14.7. The van der Waals surface area contributed by atoms with E-state index in [1.807, 2.05) is 0 Å². The minimum absolute atomic E-state index is 0.0348. The van der Waals surface area contributed by atoms with Gasteiger partial charge in [-0.15, -0.1) is 0 Å². The second kappa shape index (κ2) is 9.20. The van der Waals surface area contributed by atoms with Crippen molar-refractivity contribution in [1.82, 2.24) is 19.4 Å². The van der Waals surface area contributed by atoms with Crippen molar-refractivity contribution in [3.8, 4) is 0 Å². The second-order valence-corrected chi connectivity index (χ2v) is 9.38. The molecule has 0 bridgehead atoms. The van der Waals surface area contributed by atoms with Gasteiger partial charge in [-0.25, -0.2) is 22.5 Å². The third-order valence-corrected chi connectivity index (χ3v) is 7.16. The number of hydrogen-bond acceptors (Lipinski definition) is 4. The number of nitrogens with one attached hydrogen (secondary N) is 2. The summed E-state index contributed by atoms with van der Waals surface area (Å²) < 4.78 is 58.8. The van der Waals surface area contributed by atoms with Crippen LogP contribution in [0.4, 0.5) is 23.4 Å². The lowest BCUT2D eigenvalue weighted by Gasteiger charge is -2.40. The molecule has 1 saturated heterocycles. The van der Waals surface area contributed by atoms with E-state index < -0.39 is 41.8 Å². The van der Waals surface area contributed by atoms with Crippen LogP contribution < -0.4 is 10.9 Å². The van der Waals surface area contributed by atoms with Crippen molar-refractivity contribution in [2.24, 2.45) is 0 Å². The molecule has 1 fully saturated rings. The van der Waals surface area contributed by atoms with E-state index in [1.54, 1.807) is 22.6 Å². The number of piperidine rings is 1. The summed E-state index contributed by atoms with van der Waals surface area (Å²) in [5.74, 6) is -4.88. The van der Waals surface area contributed by atoms with Crippen molar-refractivity contribution in [3.05, 3.63) is 81.7 Å². The van der Waals surface area contributed by atoms with Gasteiger partial charge in [0.05, 0.1) is 18.0 Å². The first-order valence-corrected chi connectivity index (χ1v) is 11.8. The largest absolute Gasteiger partial charge is 0.329 e. The maximum Gasteiger partial charge on any atom is 0.257 e. The highest BCUT2D eigenvalue weighted by molar-refractivity contribution is 5.93. The second-order valence-electron chi connectivity index (χ2n) is 9.38. The SMILES string of the molecule is C[C@@H](C(=O)Nc1cn2c(n1)CC[C@@H]2c1ccc(F)cc1F)N1CCC(F)(F)[C@@H](c2ccc(=O)[nH]c2)C1. The third-order valence-electron chi connectivity index (χ3n) is 7.16. The van der Waals surface area contributed by atoms with Crippen molar-refractivity contribution in [2.75, 3.05) is 18.4 Å². The molecule has 0 aliphatic carbocycles. The molecule has 7 nitrogen and oxygen atoms in total. The number of amides is 1. The molecule has 0 spiro atoms. The summed E-state index contributed by atoms with van der Waals surface area (Å²) >= 11 is 0. The molecular formula is C25H25F4N5O2. The van der Waals surface area contributed by atoms with E-state index in [4.69, 9.17) is 0 Å². The quantitative estimate of drug-likeness (QED) is 0.519. The molecule has 0 unspecified atom stereocenters. The summed E-state index contributed by atoms with van der Waals surface area (Å²) in [6, 6.07) is 4.99. The molecule has 4 heterocycles. The van der Waals surface area contributed by atoms with Crippen LogP contribution in [0.2, 0.25) is 0 Å². The predicted molar refractivity (Wildman–Crippen MR) is 124 cm³/mol. The van der Waals surface area contributed by atoms with Gasteiger partial charge in [-0.2, -0.15) is 0 Å². The van der Waals surface area contributed by atoms with Gasteiger partial charge in [-0.3, -0.25) is 14.5 Å². The van der Waals surface area contributed by atoms with Crippen LogP contribution in [0.3, 0.4) is 0 Å². The Kier molecular flexibility index (Phi) is 6.19. The van der Waals surface area contributed by atoms with Gasteiger partial charge in [-0.1, -0.05) is 12.1 Å². The average Bonchev–Trinajstić information content (AvgIpc) is 3.40. The van der Waals surface area contributed by atoms with Gasteiger partial charge in [-0.05, 0) is 25.0 Å². The molecule has 11 heteroatoms.